The van der Waals surface area contributed by atoms with Crippen molar-refractivity contribution in [2.24, 2.45) is 0 Å². The van der Waals surface area contributed by atoms with E-state index < -0.39 is 0 Å². The van der Waals surface area contributed by atoms with E-state index in [2.05, 4.69) is 65.2 Å². The SMILES string of the molecule is CC(C)(C)c1csc(Nc2nc(Nc3ccc4c(c3)CCNC43CC3)ncc2C(=O)NC2CC2)n1. The van der Waals surface area contributed by atoms with E-state index in [4.69, 9.17) is 9.97 Å². The van der Waals surface area contributed by atoms with Crippen molar-refractivity contribution in [3.63, 3.8) is 0 Å². The highest BCUT2D eigenvalue weighted by Gasteiger charge is 2.46. The normalized spacial score (nSPS) is 18.1. The van der Waals surface area contributed by atoms with Gasteiger partial charge in [0.1, 0.15) is 5.56 Å². The molecule has 1 aliphatic heterocycles. The van der Waals surface area contributed by atoms with Gasteiger partial charge in [0, 0.05) is 40.8 Å². The van der Waals surface area contributed by atoms with Gasteiger partial charge in [0.05, 0.1) is 5.69 Å². The maximum absolute atomic E-state index is 12.9. The largest absolute Gasteiger partial charge is 0.349 e. The van der Waals surface area contributed by atoms with Crippen LogP contribution < -0.4 is 21.3 Å². The Balaban J connectivity index is 1.28. The van der Waals surface area contributed by atoms with E-state index in [1.165, 1.54) is 35.3 Å². The number of aromatic nitrogens is 3. The first-order valence-electron chi connectivity index (χ1n) is 12.4. The molecule has 0 unspecified atom stereocenters. The maximum Gasteiger partial charge on any atom is 0.256 e. The van der Waals surface area contributed by atoms with Crippen LogP contribution >= 0.6 is 11.3 Å². The summed E-state index contributed by atoms with van der Waals surface area (Å²) in [5, 5.41) is 16.1. The van der Waals surface area contributed by atoms with E-state index in [1.54, 1.807) is 6.20 Å². The van der Waals surface area contributed by atoms with Gasteiger partial charge in [-0.2, -0.15) is 4.98 Å². The lowest BCUT2D eigenvalue weighted by Crippen LogP contribution is -2.36. The number of amides is 1. The highest BCUT2D eigenvalue weighted by atomic mass is 32.1. The first kappa shape index (κ1) is 22.4. The van der Waals surface area contributed by atoms with Crippen LogP contribution in [0.1, 0.15) is 73.6 Å². The summed E-state index contributed by atoms with van der Waals surface area (Å²) < 4.78 is 0. The second kappa shape index (κ2) is 8.27. The second-order valence-corrected chi connectivity index (χ2v) is 11.7. The molecule has 2 fully saturated rings. The molecule has 0 radical (unpaired) electrons. The minimum atomic E-state index is -0.162. The summed E-state index contributed by atoms with van der Waals surface area (Å²) in [7, 11) is 0. The Bertz CT molecular complexity index is 1290. The van der Waals surface area contributed by atoms with E-state index >= 15 is 0 Å². The van der Waals surface area contributed by atoms with E-state index in [-0.39, 0.29) is 22.9 Å². The van der Waals surface area contributed by atoms with Gasteiger partial charge in [-0.05, 0) is 55.4 Å². The van der Waals surface area contributed by atoms with Crippen molar-refractivity contribution in [2.45, 2.75) is 69.9 Å². The van der Waals surface area contributed by atoms with Gasteiger partial charge in [-0.25, -0.2) is 9.97 Å². The molecule has 0 atom stereocenters. The monoisotopic (exact) mass is 489 g/mol. The zero-order chi connectivity index (χ0) is 24.2. The third kappa shape index (κ3) is 4.62. The van der Waals surface area contributed by atoms with Crippen molar-refractivity contribution in [3.8, 4) is 0 Å². The Morgan fingerprint density at radius 1 is 1.17 bits per heavy atom. The molecule has 0 bridgehead atoms. The molecule has 0 saturated heterocycles. The van der Waals surface area contributed by atoms with Gasteiger partial charge in [-0.1, -0.05) is 26.8 Å². The van der Waals surface area contributed by atoms with Crippen molar-refractivity contribution in [1.82, 2.24) is 25.6 Å². The Labute approximate surface area is 209 Å². The molecule has 3 aromatic rings. The number of benzene rings is 1. The molecule has 3 aliphatic rings. The molecule has 35 heavy (non-hydrogen) atoms. The molecule has 6 rings (SSSR count). The fourth-order valence-corrected chi connectivity index (χ4v) is 5.48. The number of hydrogen-bond acceptors (Lipinski definition) is 8. The van der Waals surface area contributed by atoms with Gasteiger partial charge < -0.3 is 21.3 Å². The van der Waals surface area contributed by atoms with E-state index in [1.807, 2.05) is 5.38 Å². The molecular weight excluding hydrogens is 458 g/mol. The smallest absolute Gasteiger partial charge is 0.256 e. The van der Waals surface area contributed by atoms with Crippen LogP contribution in [0.4, 0.5) is 22.6 Å². The van der Waals surface area contributed by atoms with Crippen LogP contribution in [0.5, 0.6) is 0 Å². The summed E-state index contributed by atoms with van der Waals surface area (Å²) in [5.41, 5.74) is 5.32. The van der Waals surface area contributed by atoms with Crippen LogP contribution in [0.25, 0.3) is 0 Å². The highest BCUT2D eigenvalue weighted by molar-refractivity contribution is 7.13. The van der Waals surface area contributed by atoms with Crippen LogP contribution in [0.2, 0.25) is 0 Å². The first-order chi connectivity index (χ1) is 16.8. The highest BCUT2D eigenvalue weighted by Crippen LogP contribution is 2.49. The summed E-state index contributed by atoms with van der Waals surface area (Å²) in [6.45, 7) is 7.41. The topological polar surface area (TPSA) is 104 Å². The number of nitrogens with one attached hydrogen (secondary N) is 4. The lowest BCUT2D eigenvalue weighted by molar-refractivity contribution is 0.0951. The van der Waals surface area contributed by atoms with Gasteiger partial charge in [0.15, 0.2) is 10.9 Å². The first-order valence-corrected chi connectivity index (χ1v) is 13.2. The Morgan fingerprint density at radius 3 is 2.71 bits per heavy atom. The molecule has 182 valence electrons. The zero-order valence-electron chi connectivity index (χ0n) is 20.4. The molecule has 4 N–H and O–H groups in total. The zero-order valence-corrected chi connectivity index (χ0v) is 21.2. The van der Waals surface area contributed by atoms with Gasteiger partial charge in [-0.3, -0.25) is 4.79 Å². The van der Waals surface area contributed by atoms with Crippen molar-refractivity contribution in [3.05, 3.63) is 52.2 Å². The summed E-state index contributed by atoms with van der Waals surface area (Å²) in [6.07, 6.45) is 7.07. The fourth-order valence-electron chi connectivity index (χ4n) is 4.55. The van der Waals surface area contributed by atoms with Crippen molar-refractivity contribution in [2.75, 3.05) is 17.2 Å². The van der Waals surface area contributed by atoms with Gasteiger partial charge in [0.25, 0.3) is 5.91 Å². The Morgan fingerprint density at radius 2 is 2.00 bits per heavy atom. The molecule has 9 heteroatoms. The number of rotatable bonds is 6. The standard InChI is InChI=1S/C26H31N7OS/c1-25(2,3)20-14-35-24(31-20)33-21-18(22(34)29-16-4-5-16)13-27-23(32-21)30-17-6-7-19-15(12-17)8-11-28-26(19)9-10-26/h6-7,12-14,16,28H,4-5,8-11H2,1-3H3,(H,29,34)(H2,27,30,31,32,33). The van der Waals surface area contributed by atoms with Crippen molar-refractivity contribution < 1.29 is 4.79 Å². The molecule has 2 aromatic heterocycles. The maximum atomic E-state index is 12.9. The molecule has 8 nitrogen and oxygen atoms in total. The predicted molar refractivity (Wildman–Crippen MR) is 139 cm³/mol. The van der Waals surface area contributed by atoms with Crippen LogP contribution in [0.15, 0.2) is 29.8 Å². The third-order valence-electron chi connectivity index (χ3n) is 6.93. The molecule has 2 aliphatic carbocycles. The Kier molecular flexibility index (Phi) is 5.30. The van der Waals surface area contributed by atoms with Gasteiger partial charge >= 0.3 is 0 Å². The van der Waals surface area contributed by atoms with E-state index in [0.29, 0.717) is 22.5 Å². The lowest BCUT2D eigenvalue weighted by atomic mass is 9.92. The minimum absolute atomic E-state index is 0.0536. The number of anilines is 4. The molecule has 1 aromatic carbocycles. The molecule has 1 spiro atoms. The number of thiazole rings is 1. The predicted octanol–water partition coefficient (Wildman–Crippen LogP) is 4.74. The van der Waals surface area contributed by atoms with Crippen LogP contribution in [0, 0.1) is 0 Å². The number of hydrogen-bond donors (Lipinski definition) is 4. The fraction of sp³-hybridized carbons (Fsp3) is 0.462. The number of fused-ring (bicyclic) bond motifs is 2. The third-order valence-corrected chi connectivity index (χ3v) is 7.69. The summed E-state index contributed by atoms with van der Waals surface area (Å²) >= 11 is 1.51. The Hall–Kier alpha value is -3.04. The molecular formula is C26H31N7OS. The van der Waals surface area contributed by atoms with Gasteiger partial charge in [0.2, 0.25) is 5.95 Å². The van der Waals surface area contributed by atoms with E-state index in [0.717, 1.165) is 37.2 Å². The van der Waals surface area contributed by atoms with E-state index in [9.17, 15) is 4.79 Å². The van der Waals surface area contributed by atoms with Crippen LogP contribution in [0.3, 0.4) is 0 Å². The average molecular weight is 490 g/mol. The summed E-state index contributed by atoms with van der Waals surface area (Å²) in [5.74, 6) is 0.734. The van der Waals surface area contributed by atoms with Crippen molar-refractivity contribution in [1.29, 1.82) is 0 Å². The average Bonchev–Trinajstić information content (AvgIpc) is 3.73. The van der Waals surface area contributed by atoms with Crippen molar-refractivity contribution >= 4 is 39.8 Å². The molecule has 3 heterocycles. The molecule has 1 amide bonds. The minimum Gasteiger partial charge on any atom is -0.349 e. The lowest BCUT2D eigenvalue weighted by Gasteiger charge is -2.27. The summed E-state index contributed by atoms with van der Waals surface area (Å²) in [6, 6.07) is 6.76. The summed E-state index contributed by atoms with van der Waals surface area (Å²) in [4.78, 5) is 26.8. The second-order valence-electron chi connectivity index (χ2n) is 10.9. The van der Waals surface area contributed by atoms with Gasteiger partial charge in [-0.15, -0.1) is 11.3 Å². The molecule has 2 saturated carbocycles. The number of nitrogens with zero attached hydrogens (tertiary/aromatic N) is 3. The number of carbonyl (C=O) groups is 1. The van der Waals surface area contributed by atoms with Crippen LogP contribution in [-0.2, 0) is 17.4 Å². The quantitative estimate of drug-likeness (QED) is 0.396. The van der Waals surface area contributed by atoms with Crippen LogP contribution in [-0.4, -0.2) is 33.4 Å². The number of carbonyl (C=O) groups excluding carboxylic acids is 1.